The van der Waals surface area contributed by atoms with Crippen LogP contribution >= 0.6 is 0 Å². The van der Waals surface area contributed by atoms with Gasteiger partial charge in [0.05, 0.1) is 12.5 Å². The fourth-order valence-electron chi connectivity index (χ4n) is 6.37. The Morgan fingerprint density at radius 3 is 2.07 bits per heavy atom. The Kier molecular flexibility index (Phi) is 11.2. The van der Waals surface area contributed by atoms with Crippen LogP contribution in [0.15, 0.2) is 0 Å². The number of Topliss-reactive ketones (excluding diaryl/α,β-unsaturated/α-hetero) is 1. The first kappa shape index (κ1) is 34.3. The van der Waals surface area contributed by atoms with Crippen molar-refractivity contribution < 1.29 is 28.8 Å². The third-order valence-corrected chi connectivity index (χ3v) is 9.39. The highest BCUT2D eigenvalue weighted by molar-refractivity contribution is 6.02. The highest BCUT2D eigenvalue weighted by Crippen LogP contribution is 2.45. The van der Waals surface area contributed by atoms with Crippen LogP contribution in [0, 0.1) is 29.1 Å². The minimum Gasteiger partial charge on any atom is -0.369 e. The molecule has 12 heteroatoms. The van der Waals surface area contributed by atoms with Crippen LogP contribution in [0.3, 0.4) is 0 Å². The molecule has 5 N–H and O–H groups in total. The van der Waals surface area contributed by atoms with Gasteiger partial charge in [-0.25, -0.2) is 4.79 Å². The van der Waals surface area contributed by atoms with Crippen LogP contribution in [0.5, 0.6) is 0 Å². The maximum absolute atomic E-state index is 14.1. The molecule has 1 aliphatic heterocycles. The van der Waals surface area contributed by atoms with E-state index in [2.05, 4.69) is 16.0 Å². The van der Waals surface area contributed by atoms with Gasteiger partial charge < -0.3 is 31.5 Å². The van der Waals surface area contributed by atoms with E-state index < -0.39 is 59.6 Å². The molecule has 1 saturated heterocycles. The largest absolute Gasteiger partial charge is 0.369 e. The molecule has 2 aliphatic carbocycles. The van der Waals surface area contributed by atoms with Crippen LogP contribution in [0.2, 0.25) is 0 Å². The number of nitrogens with one attached hydrogen (secondary N) is 3. The van der Waals surface area contributed by atoms with Crippen molar-refractivity contribution in [3.63, 3.8) is 0 Å². The summed E-state index contributed by atoms with van der Waals surface area (Å²) in [5, 5.41) is 8.41. The number of amides is 6. The predicted octanol–water partition coefficient (Wildman–Crippen LogP) is 1.56. The van der Waals surface area contributed by atoms with Gasteiger partial charge in [0.15, 0.2) is 5.78 Å². The first-order valence-corrected chi connectivity index (χ1v) is 15.7. The van der Waals surface area contributed by atoms with Crippen molar-refractivity contribution in [1.29, 1.82) is 0 Å². The number of primary amides is 1. The van der Waals surface area contributed by atoms with Crippen molar-refractivity contribution >= 4 is 35.4 Å². The molecule has 12 nitrogen and oxygen atoms in total. The number of carbonyl (C=O) groups is 6. The number of urea groups is 1. The summed E-state index contributed by atoms with van der Waals surface area (Å²) >= 11 is 0. The second kappa shape index (κ2) is 14.1. The monoisotopic (exact) mass is 604 g/mol. The predicted molar refractivity (Wildman–Crippen MR) is 161 cm³/mol. The Morgan fingerprint density at radius 1 is 0.953 bits per heavy atom. The van der Waals surface area contributed by atoms with E-state index in [4.69, 9.17) is 5.73 Å². The zero-order valence-corrected chi connectivity index (χ0v) is 26.9. The Balaban J connectivity index is 1.78. The number of hydrogen-bond donors (Lipinski definition) is 4. The molecular weight excluding hydrogens is 552 g/mol. The number of likely N-dealkylation sites (tertiary alicyclic amines) is 1. The smallest absolute Gasteiger partial charge is 0.316 e. The summed E-state index contributed by atoms with van der Waals surface area (Å²) in [7, 11) is 3.23. The molecule has 0 aromatic carbocycles. The maximum atomic E-state index is 14.1. The lowest BCUT2D eigenvalue weighted by atomic mass is 9.73. The minimum atomic E-state index is -0.978. The molecule has 6 atom stereocenters. The molecule has 6 amide bonds. The highest BCUT2D eigenvalue weighted by Gasteiger charge is 2.54. The van der Waals surface area contributed by atoms with Crippen molar-refractivity contribution in [2.45, 2.75) is 110 Å². The molecular formula is C31H52N6O6. The highest BCUT2D eigenvalue weighted by atomic mass is 16.2. The van der Waals surface area contributed by atoms with Crippen molar-refractivity contribution in [2.24, 2.45) is 34.8 Å². The van der Waals surface area contributed by atoms with E-state index in [1.807, 2.05) is 34.6 Å². The summed E-state index contributed by atoms with van der Waals surface area (Å²) in [6, 6.07) is -4.03. The number of carbonyl (C=O) groups excluding carboxylic acids is 6. The Labute approximate surface area is 255 Å². The van der Waals surface area contributed by atoms with Crippen molar-refractivity contribution in [2.75, 3.05) is 20.6 Å². The molecule has 2 saturated carbocycles. The molecule has 1 heterocycles. The Bertz CT molecular complexity index is 1080. The second-order valence-electron chi connectivity index (χ2n) is 14.4. The van der Waals surface area contributed by atoms with Gasteiger partial charge in [-0.1, -0.05) is 53.9 Å². The van der Waals surface area contributed by atoms with Gasteiger partial charge in [-0.05, 0) is 54.8 Å². The topological polar surface area (TPSA) is 171 Å². The van der Waals surface area contributed by atoms with Crippen molar-refractivity contribution in [3.05, 3.63) is 0 Å². The molecule has 242 valence electrons. The van der Waals surface area contributed by atoms with Gasteiger partial charge in [0.25, 0.3) is 0 Å². The van der Waals surface area contributed by atoms with Crippen LogP contribution in [-0.4, -0.2) is 90.1 Å². The SMILES string of the molecule is CC(C)[C@H](NC(=O)N[C@H](C(=O)N1C[C@@H]2CC[C@@H]2[C@H]1C(=O)NC(CCC1CCC1)C(=O)CC(N)=O)C(C)(C)C)C(=O)N(C)C. The number of rotatable bonds is 13. The molecule has 0 radical (unpaired) electrons. The summed E-state index contributed by atoms with van der Waals surface area (Å²) in [5.74, 6) is -1.76. The van der Waals surface area contributed by atoms with Crippen molar-refractivity contribution in [3.8, 4) is 0 Å². The first-order chi connectivity index (χ1) is 20.0. The number of nitrogens with zero attached hydrogens (tertiary/aromatic N) is 2. The average molecular weight is 605 g/mol. The molecule has 43 heavy (non-hydrogen) atoms. The lowest BCUT2D eigenvalue weighted by molar-refractivity contribution is -0.143. The van der Waals surface area contributed by atoms with E-state index in [1.165, 1.54) is 4.90 Å². The average Bonchev–Trinajstić information content (AvgIpc) is 3.11. The van der Waals surface area contributed by atoms with Gasteiger partial charge in [-0.3, -0.25) is 24.0 Å². The van der Waals surface area contributed by atoms with Crippen LogP contribution in [-0.2, 0) is 24.0 Å². The van der Waals surface area contributed by atoms with E-state index in [1.54, 1.807) is 19.0 Å². The second-order valence-corrected chi connectivity index (χ2v) is 14.4. The Morgan fingerprint density at radius 2 is 1.60 bits per heavy atom. The van der Waals surface area contributed by atoms with Crippen molar-refractivity contribution in [1.82, 2.24) is 25.8 Å². The molecule has 3 fully saturated rings. The summed E-state index contributed by atoms with van der Waals surface area (Å²) in [6.45, 7) is 9.54. The van der Waals surface area contributed by atoms with Gasteiger partial charge in [0.2, 0.25) is 23.6 Å². The molecule has 0 spiro atoms. The zero-order valence-electron chi connectivity index (χ0n) is 26.9. The van der Waals surface area contributed by atoms with Crippen LogP contribution in [0.25, 0.3) is 0 Å². The quantitative estimate of drug-likeness (QED) is 0.232. The number of ketones is 1. The fourth-order valence-corrected chi connectivity index (χ4v) is 6.37. The van der Waals surface area contributed by atoms with Gasteiger partial charge in [0, 0.05) is 20.6 Å². The summed E-state index contributed by atoms with van der Waals surface area (Å²) in [6.07, 6.45) is 5.76. The zero-order chi connectivity index (χ0) is 32.2. The third kappa shape index (κ3) is 8.47. The third-order valence-electron chi connectivity index (χ3n) is 9.39. The Hall–Kier alpha value is -3.18. The van der Waals surface area contributed by atoms with Gasteiger partial charge >= 0.3 is 6.03 Å². The molecule has 0 aromatic heterocycles. The number of nitrogens with two attached hydrogens (primary N) is 1. The molecule has 0 bridgehead atoms. The number of hydrogen-bond acceptors (Lipinski definition) is 6. The standard InChI is InChI=1S/C31H52N6O6/c1-17(2)24(28(41)36(6)7)34-30(43)35-26(31(3,4)5)29(42)37-16-19-12-13-20(19)25(37)27(40)33-21(22(38)15-23(32)39)14-11-18-9-8-10-18/h17-21,24-26H,8-16H2,1-7H3,(H2,32,39)(H,33,40)(H2,34,35,43)/t19-,20-,21?,24-,25-,26+/m0/s1. The summed E-state index contributed by atoms with van der Waals surface area (Å²) in [4.78, 5) is 81.2. The summed E-state index contributed by atoms with van der Waals surface area (Å²) in [5.41, 5.74) is 4.58. The number of fused-ring (bicyclic) bond motifs is 1. The van der Waals surface area contributed by atoms with E-state index in [0.717, 1.165) is 38.5 Å². The molecule has 1 unspecified atom stereocenters. The van der Waals surface area contributed by atoms with Gasteiger partial charge in [-0.15, -0.1) is 0 Å². The van der Waals surface area contributed by atoms with E-state index >= 15 is 0 Å². The van der Waals surface area contributed by atoms with Crippen LogP contribution in [0.1, 0.15) is 86.0 Å². The molecule has 0 aromatic rings. The lowest BCUT2D eigenvalue weighted by Crippen LogP contribution is -2.62. The maximum Gasteiger partial charge on any atom is 0.316 e. The van der Waals surface area contributed by atoms with E-state index in [9.17, 15) is 28.8 Å². The van der Waals surface area contributed by atoms with E-state index in [0.29, 0.717) is 18.9 Å². The number of likely N-dealkylation sites (N-methyl/N-ethyl adjacent to an activating group) is 1. The minimum absolute atomic E-state index is 0.0417. The van der Waals surface area contributed by atoms with Gasteiger partial charge in [-0.2, -0.15) is 0 Å². The van der Waals surface area contributed by atoms with E-state index in [-0.39, 0.29) is 29.6 Å². The van der Waals surface area contributed by atoms with Crippen LogP contribution in [0.4, 0.5) is 4.79 Å². The molecule has 3 aliphatic rings. The summed E-state index contributed by atoms with van der Waals surface area (Å²) < 4.78 is 0. The molecule has 3 rings (SSSR count). The lowest BCUT2D eigenvalue weighted by Gasteiger charge is -2.37. The van der Waals surface area contributed by atoms with Gasteiger partial charge in [0.1, 0.15) is 18.1 Å². The first-order valence-electron chi connectivity index (χ1n) is 15.7. The fraction of sp³-hybridized carbons (Fsp3) is 0.806. The van der Waals surface area contributed by atoms with Crippen LogP contribution < -0.4 is 21.7 Å². The normalized spacial score (nSPS) is 23.6.